The Bertz CT molecular complexity index is 518. The number of aromatic nitrogens is 1. The van der Waals surface area contributed by atoms with Crippen molar-refractivity contribution in [2.75, 3.05) is 17.6 Å². The fraction of sp³-hybridized carbons (Fsp3) is 0.400. The van der Waals surface area contributed by atoms with Gasteiger partial charge in [0.05, 0.1) is 0 Å². The zero-order valence-electron chi connectivity index (χ0n) is 11.1. The van der Waals surface area contributed by atoms with Crippen molar-refractivity contribution in [3.63, 3.8) is 0 Å². The van der Waals surface area contributed by atoms with E-state index < -0.39 is 0 Å². The van der Waals surface area contributed by atoms with Crippen LogP contribution in [0.25, 0.3) is 10.8 Å². The van der Waals surface area contributed by atoms with Crippen LogP contribution in [0.5, 0.6) is 0 Å². The zero-order valence-corrected chi connectivity index (χ0v) is 11.1. The number of hydrogen-bond acceptors (Lipinski definition) is 3. The molecule has 0 radical (unpaired) electrons. The Morgan fingerprint density at radius 2 is 1.94 bits per heavy atom. The molecule has 0 fully saturated rings. The summed E-state index contributed by atoms with van der Waals surface area (Å²) < 4.78 is 0. The van der Waals surface area contributed by atoms with Gasteiger partial charge in [-0.25, -0.2) is 0 Å². The molecule has 0 aliphatic carbocycles. The molecule has 0 saturated heterocycles. The van der Waals surface area contributed by atoms with Crippen LogP contribution in [-0.2, 0) is 0 Å². The van der Waals surface area contributed by atoms with E-state index in [0.29, 0.717) is 0 Å². The van der Waals surface area contributed by atoms with E-state index in [0.717, 1.165) is 34.6 Å². The molecule has 1 aromatic carbocycles. The molecule has 0 unspecified atom stereocenters. The lowest BCUT2D eigenvalue weighted by Gasteiger charge is -2.16. The molecule has 18 heavy (non-hydrogen) atoms. The quantitative estimate of drug-likeness (QED) is 0.788. The molecule has 0 spiro atoms. The molecule has 3 heteroatoms. The molecular formula is C15H21N3. The predicted molar refractivity (Wildman–Crippen MR) is 78.7 cm³/mol. The fourth-order valence-corrected chi connectivity index (χ4v) is 2.20. The summed E-state index contributed by atoms with van der Waals surface area (Å²) in [6, 6.07) is 6.01. The van der Waals surface area contributed by atoms with Gasteiger partial charge in [-0.3, -0.25) is 4.98 Å². The summed E-state index contributed by atoms with van der Waals surface area (Å²) in [6.07, 6.45) is 6.05. The van der Waals surface area contributed by atoms with Crippen LogP contribution in [0, 0.1) is 5.92 Å². The van der Waals surface area contributed by atoms with Gasteiger partial charge in [-0.15, -0.1) is 0 Å². The van der Waals surface area contributed by atoms with Gasteiger partial charge in [-0.05, 0) is 24.1 Å². The molecule has 3 nitrogen and oxygen atoms in total. The Kier molecular flexibility index (Phi) is 4.03. The second-order valence-corrected chi connectivity index (χ2v) is 4.69. The van der Waals surface area contributed by atoms with E-state index in [2.05, 4.69) is 30.2 Å². The normalized spacial score (nSPS) is 11.1. The molecule has 0 aliphatic heterocycles. The van der Waals surface area contributed by atoms with Crippen LogP contribution in [0.2, 0.25) is 0 Å². The number of hydrogen-bond donors (Lipinski definition) is 2. The summed E-state index contributed by atoms with van der Waals surface area (Å²) in [5, 5.41) is 5.70. The maximum absolute atomic E-state index is 5.97. The third-order valence-corrected chi connectivity index (χ3v) is 3.59. The number of pyridine rings is 1. The van der Waals surface area contributed by atoms with Crippen molar-refractivity contribution in [1.29, 1.82) is 0 Å². The van der Waals surface area contributed by atoms with Gasteiger partial charge in [0.2, 0.25) is 0 Å². The van der Waals surface area contributed by atoms with Gasteiger partial charge in [0.1, 0.15) is 0 Å². The molecular weight excluding hydrogens is 222 g/mol. The number of nitrogens with two attached hydrogens (primary N) is 1. The maximum atomic E-state index is 5.97. The number of fused-ring (bicyclic) bond motifs is 1. The zero-order chi connectivity index (χ0) is 13.0. The molecule has 1 aromatic heterocycles. The average Bonchev–Trinajstić information content (AvgIpc) is 2.42. The summed E-state index contributed by atoms with van der Waals surface area (Å²) >= 11 is 0. The minimum atomic E-state index is 0.722. The summed E-state index contributed by atoms with van der Waals surface area (Å²) in [7, 11) is 0. The van der Waals surface area contributed by atoms with Crippen LogP contribution >= 0.6 is 0 Å². The molecule has 2 aromatic rings. The van der Waals surface area contributed by atoms with Crippen molar-refractivity contribution in [2.45, 2.75) is 26.7 Å². The Labute approximate surface area is 108 Å². The Morgan fingerprint density at radius 3 is 2.67 bits per heavy atom. The lowest BCUT2D eigenvalue weighted by Crippen LogP contribution is -2.13. The van der Waals surface area contributed by atoms with Gasteiger partial charge in [-0.1, -0.05) is 26.7 Å². The lowest BCUT2D eigenvalue weighted by molar-refractivity contribution is 0.519. The number of anilines is 2. The SMILES string of the molecule is CCC(CC)CNc1ccc(N)c2cnccc12. The number of benzene rings is 1. The highest BCUT2D eigenvalue weighted by molar-refractivity contribution is 6.00. The first-order valence-corrected chi connectivity index (χ1v) is 6.62. The number of nitrogens with zero attached hydrogens (tertiary/aromatic N) is 1. The van der Waals surface area contributed by atoms with Crippen molar-refractivity contribution < 1.29 is 0 Å². The van der Waals surface area contributed by atoms with Crippen LogP contribution < -0.4 is 11.1 Å². The highest BCUT2D eigenvalue weighted by Crippen LogP contribution is 2.27. The standard InChI is InChI=1S/C15H21N3/c1-3-11(4-2)9-18-15-6-5-14(16)13-10-17-8-7-12(13)15/h5-8,10-11,18H,3-4,9,16H2,1-2H3. The van der Waals surface area contributed by atoms with Crippen molar-refractivity contribution in [2.24, 2.45) is 5.92 Å². The highest BCUT2D eigenvalue weighted by Gasteiger charge is 2.06. The Hall–Kier alpha value is -1.77. The van der Waals surface area contributed by atoms with Crippen molar-refractivity contribution >= 4 is 22.1 Å². The molecule has 0 atom stereocenters. The van der Waals surface area contributed by atoms with E-state index in [1.54, 1.807) is 0 Å². The molecule has 1 heterocycles. The first-order valence-electron chi connectivity index (χ1n) is 6.62. The van der Waals surface area contributed by atoms with Crippen molar-refractivity contribution in [1.82, 2.24) is 4.98 Å². The number of nitrogens with one attached hydrogen (secondary N) is 1. The lowest BCUT2D eigenvalue weighted by atomic mass is 10.0. The largest absolute Gasteiger partial charge is 0.398 e. The van der Waals surface area contributed by atoms with Crippen LogP contribution in [-0.4, -0.2) is 11.5 Å². The van der Waals surface area contributed by atoms with E-state index in [4.69, 9.17) is 5.73 Å². The van der Waals surface area contributed by atoms with E-state index in [9.17, 15) is 0 Å². The number of rotatable bonds is 5. The van der Waals surface area contributed by atoms with Crippen molar-refractivity contribution in [3.8, 4) is 0 Å². The molecule has 0 bridgehead atoms. The van der Waals surface area contributed by atoms with E-state index in [1.165, 1.54) is 12.8 Å². The molecule has 0 saturated carbocycles. The smallest absolute Gasteiger partial charge is 0.0422 e. The third-order valence-electron chi connectivity index (χ3n) is 3.59. The number of nitrogen functional groups attached to an aromatic ring is 1. The summed E-state index contributed by atoms with van der Waals surface area (Å²) in [6.45, 7) is 5.48. The summed E-state index contributed by atoms with van der Waals surface area (Å²) in [5.74, 6) is 0.722. The van der Waals surface area contributed by atoms with E-state index in [-0.39, 0.29) is 0 Å². The third kappa shape index (κ3) is 2.55. The van der Waals surface area contributed by atoms with Gasteiger partial charge in [0, 0.05) is 41.1 Å². The van der Waals surface area contributed by atoms with E-state index >= 15 is 0 Å². The minimum Gasteiger partial charge on any atom is -0.398 e. The minimum absolute atomic E-state index is 0.722. The monoisotopic (exact) mass is 243 g/mol. The van der Waals surface area contributed by atoms with Gasteiger partial charge >= 0.3 is 0 Å². The fourth-order valence-electron chi connectivity index (χ4n) is 2.20. The maximum Gasteiger partial charge on any atom is 0.0422 e. The second-order valence-electron chi connectivity index (χ2n) is 4.69. The molecule has 0 aliphatic rings. The van der Waals surface area contributed by atoms with Crippen LogP contribution in [0.4, 0.5) is 11.4 Å². The van der Waals surface area contributed by atoms with Crippen LogP contribution in [0.1, 0.15) is 26.7 Å². The molecule has 0 amide bonds. The summed E-state index contributed by atoms with van der Waals surface area (Å²) in [5.41, 5.74) is 7.90. The Morgan fingerprint density at radius 1 is 1.17 bits per heavy atom. The van der Waals surface area contributed by atoms with Gasteiger partial charge < -0.3 is 11.1 Å². The first-order chi connectivity index (χ1) is 8.76. The van der Waals surface area contributed by atoms with Crippen LogP contribution in [0.15, 0.2) is 30.6 Å². The summed E-state index contributed by atoms with van der Waals surface area (Å²) in [4.78, 5) is 4.13. The first kappa shape index (κ1) is 12.7. The molecule has 96 valence electrons. The molecule has 3 N–H and O–H groups in total. The topological polar surface area (TPSA) is 50.9 Å². The van der Waals surface area contributed by atoms with Crippen LogP contribution in [0.3, 0.4) is 0 Å². The van der Waals surface area contributed by atoms with Gasteiger partial charge in [-0.2, -0.15) is 0 Å². The average molecular weight is 243 g/mol. The van der Waals surface area contributed by atoms with Crippen molar-refractivity contribution in [3.05, 3.63) is 30.6 Å². The predicted octanol–water partition coefficient (Wildman–Crippen LogP) is 3.67. The van der Waals surface area contributed by atoms with Gasteiger partial charge in [0.25, 0.3) is 0 Å². The molecule has 2 rings (SSSR count). The van der Waals surface area contributed by atoms with Gasteiger partial charge in [0.15, 0.2) is 0 Å². The second kappa shape index (κ2) is 5.71. The Balaban J connectivity index is 2.26. The highest BCUT2D eigenvalue weighted by atomic mass is 14.9. The van der Waals surface area contributed by atoms with E-state index in [1.807, 2.05) is 24.5 Å².